The van der Waals surface area contributed by atoms with Crippen molar-refractivity contribution < 1.29 is 29.6 Å². The van der Waals surface area contributed by atoms with E-state index in [1.165, 1.54) is 19.3 Å². The molecule has 0 aromatic carbocycles. The van der Waals surface area contributed by atoms with Crippen LogP contribution in [0.15, 0.2) is 0 Å². The van der Waals surface area contributed by atoms with Crippen molar-refractivity contribution in [3.8, 4) is 0 Å². The maximum absolute atomic E-state index is 12.1. The summed E-state index contributed by atoms with van der Waals surface area (Å²) in [6.45, 7) is 3.93. The van der Waals surface area contributed by atoms with Gasteiger partial charge >= 0.3 is 5.97 Å². The van der Waals surface area contributed by atoms with Crippen molar-refractivity contribution in [2.24, 2.45) is 23.5 Å². The maximum Gasteiger partial charge on any atom is 0.306 e. The van der Waals surface area contributed by atoms with Gasteiger partial charge in [0, 0.05) is 6.42 Å². The molecule has 0 heterocycles. The van der Waals surface area contributed by atoms with Crippen LogP contribution in [0.4, 0.5) is 0 Å². The largest absolute Gasteiger partial charge is 0.452 e. The molecule has 0 radical (unpaired) electrons. The first-order valence-electron chi connectivity index (χ1n) is 9.75. The zero-order valence-corrected chi connectivity index (χ0v) is 16.0. The molecule has 1 amide bonds. The summed E-state index contributed by atoms with van der Waals surface area (Å²) >= 11 is 0. The van der Waals surface area contributed by atoms with Crippen LogP contribution in [0.3, 0.4) is 0 Å². The van der Waals surface area contributed by atoms with Gasteiger partial charge < -0.3 is 25.8 Å². The SMILES string of the molecule is CC(C)CCC(O)C(C(O)O)C(OC(=O)CCC1CCCCC1)C(N)=O. The quantitative estimate of drug-likeness (QED) is 0.320. The summed E-state index contributed by atoms with van der Waals surface area (Å²) in [7, 11) is 0. The number of carbonyl (C=O) groups is 2. The standard InChI is InChI=1S/C19H35NO6/c1-12(2)8-10-14(21)16(19(24)25)17(18(20)23)26-15(22)11-9-13-6-4-3-5-7-13/h12-14,16-17,19,21,24-25H,3-11H2,1-2H3,(H2,20,23). The Morgan fingerprint density at radius 3 is 2.19 bits per heavy atom. The number of hydrogen-bond acceptors (Lipinski definition) is 6. The molecule has 0 bridgehead atoms. The number of primary amides is 1. The highest BCUT2D eigenvalue weighted by Gasteiger charge is 2.39. The van der Waals surface area contributed by atoms with Gasteiger partial charge in [-0.2, -0.15) is 0 Å². The van der Waals surface area contributed by atoms with E-state index in [0.717, 1.165) is 12.8 Å². The molecule has 0 spiro atoms. The van der Waals surface area contributed by atoms with Crippen molar-refractivity contribution in [2.45, 2.75) is 90.1 Å². The average Bonchev–Trinajstić information content (AvgIpc) is 2.58. The summed E-state index contributed by atoms with van der Waals surface area (Å²) in [6.07, 6.45) is 2.71. The van der Waals surface area contributed by atoms with E-state index in [1.807, 2.05) is 13.8 Å². The molecule has 1 rings (SSSR count). The molecule has 1 aliphatic carbocycles. The predicted molar refractivity (Wildman–Crippen MR) is 96.7 cm³/mol. The Bertz CT molecular complexity index is 434. The lowest BCUT2D eigenvalue weighted by atomic mass is 9.86. The number of amides is 1. The van der Waals surface area contributed by atoms with E-state index >= 15 is 0 Å². The second-order valence-corrected chi connectivity index (χ2v) is 7.89. The molecule has 3 atom stereocenters. The Kier molecular flexibility index (Phi) is 10.1. The number of esters is 1. The van der Waals surface area contributed by atoms with Gasteiger partial charge in [0.2, 0.25) is 0 Å². The van der Waals surface area contributed by atoms with Gasteiger partial charge in [0.1, 0.15) is 0 Å². The average molecular weight is 373 g/mol. The Hall–Kier alpha value is -1.18. The summed E-state index contributed by atoms with van der Waals surface area (Å²) in [4.78, 5) is 23.9. The van der Waals surface area contributed by atoms with Gasteiger partial charge in [-0.15, -0.1) is 0 Å². The molecule has 7 heteroatoms. The number of hydrogen-bond donors (Lipinski definition) is 4. The molecular weight excluding hydrogens is 338 g/mol. The van der Waals surface area contributed by atoms with Crippen LogP contribution in [0.5, 0.6) is 0 Å². The monoisotopic (exact) mass is 373 g/mol. The topological polar surface area (TPSA) is 130 Å². The maximum atomic E-state index is 12.1. The van der Waals surface area contributed by atoms with E-state index in [4.69, 9.17) is 10.5 Å². The van der Waals surface area contributed by atoms with Gasteiger partial charge in [-0.05, 0) is 31.1 Å². The van der Waals surface area contributed by atoms with Crippen molar-refractivity contribution in [1.29, 1.82) is 0 Å². The zero-order chi connectivity index (χ0) is 19.7. The normalized spacial score (nSPS) is 19.3. The van der Waals surface area contributed by atoms with E-state index in [0.29, 0.717) is 24.7 Å². The van der Waals surface area contributed by atoms with E-state index < -0.39 is 36.3 Å². The second-order valence-electron chi connectivity index (χ2n) is 7.89. The molecule has 1 fully saturated rings. The minimum absolute atomic E-state index is 0.158. The third-order valence-corrected chi connectivity index (χ3v) is 5.20. The fourth-order valence-corrected chi connectivity index (χ4v) is 3.58. The first kappa shape index (κ1) is 22.9. The molecule has 0 aromatic rings. The molecule has 1 aliphatic rings. The molecule has 0 aromatic heterocycles. The van der Waals surface area contributed by atoms with Crippen LogP contribution in [0.2, 0.25) is 0 Å². The van der Waals surface area contributed by atoms with Gasteiger partial charge in [-0.25, -0.2) is 0 Å². The van der Waals surface area contributed by atoms with Crippen LogP contribution < -0.4 is 5.73 Å². The van der Waals surface area contributed by atoms with E-state index in [9.17, 15) is 24.9 Å². The van der Waals surface area contributed by atoms with Crippen LogP contribution in [0.1, 0.15) is 71.6 Å². The fourth-order valence-electron chi connectivity index (χ4n) is 3.58. The second kappa shape index (κ2) is 11.5. The highest BCUT2D eigenvalue weighted by molar-refractivity contribution is 5.82. The highest BCUT2D eigenvalue weighted by Crippen LogP contribution is 2.28. The predicted octanol–water partition coefficient (Wildman–Crippen LogP) is 1.47. The van der Waals surface area contributed by atoms with E-state index in [1.54, 1.807) is 0 Å². The lowest BCUT2D eigenvalue weighted by molar-refractivity contribution is -0.184. The molecule has 1 saturated carbocycles. The number of nitrogens with two attached hydrogens (primary N) is 1. The first-order chi connectivity index (χ1) is 12.2. The van der Waals surface area contributed by atoms with Crippen LogP contribution >= 0.6 is 0 Å². The Balaban J connectivity index is 2.64. The number of carbonyl (C=O) groups excluding carboxylic acids is 2. The number of ether oxygens (including phenoxy) is 1. The molecule has 0 saturated heterocycles. The molecule has 5 N–H and O–H groups in total. The van der Waals surface area contributed by atoms with E-state index in [-0.39, 0.29) is 12.8 Å². The van der Waals surface area contributed by atoms with E-state index in [2.05, 4.69) is 0 Å². The third-order valence-electron chi connectivity index (χ3n) is 5.20. The summed E-state index contributed by atoms with van der Waals surface area (Å²) in [5, 5.41) is 29.5. The lowest BCUT2D eigenvalue weighted by Crippen LogP contribution is -2.49. The van der Waals surface area contributed by atoms with Gasteiger partial charge in [0.15, 0.2) is 12.4 Å². The number of rotatable bonds is 11. The fraction of sp³-hybridized carbons (Fsp3) is 0.895. The smallest absolute Gasteiger partial charge is 0.306 e. The zero-order valence-electron chi connectivity index (χ0n) is 16.0. The number of aliphatic hydroxyl groups is 3. The van der Waals surface area contributed by atoms with Gasteiger partial charge in [0.05, 0.1) is 12.0 Å². The Labute approximate surface area is 155 Å². The van der Waals surface area contributed by atoms with Crippen LogP contribution in [0.25, 0.3) is 0 Å². The van der Waals surface area contributed by atoms with Crippen molar-refractivity contribution in [1.82, 2.24) is 0 Å². The molecular formula is C19H35NO6. The first-order valence-corrected chi connectivity index (χ1v) is 9.75. The van der Waals surface area contributed by atoms with Gasteiger partial charge in [-0.3, -0.25) is 9.59 Å². The van der Waals surface area contributed by atoms with Crippen LogP contribution in [-0.4, -0.2) is 45.7 Å². The highest BCUT2D eigenvalue weighted by atomic mass is 16.6. The molecule has 3 unspecified atom stereocenters. The summed E-state index contributed by atoms with van der Waals surface area (Å²) in [5.41, 5.74) is 5.31. The number of aliphatic hydroxyl groups excluding tert-OH is 2. The molecule has 26 heavy (non-hydrogen) atoms. The summed E-state index contributed by atoms with van der Waals surface area (Å²) in [6, 6.07) is 0. The van der Waals surface area contributed by atoms with Crippen molar-refractivity contribution in [3.05, 3.63) is 0 Å². The van der Waals surface area contributed by atoms with Crippen LogP contribution in [0, 0.1) is 17.8 Å². The van der Waals surface area contributed by atoms with Crippen molar-refractivity contribution in [3.63, 3.8) is 0 Å². The minimum Gasteiger partial charge on any atom is -0.452 e. The van der Waals surface area contributed by atoms with Crippen molar-refractivity contribution >= 4 is 11.9 Å². The Morgan fingerprint density at radius 2 is 1.69 bits per heavy atom. The Morgan fingerprint density at radius 1 is 1.08 bits per heavy atom. The molecule has 152 valence electrons. The van der Waals surface area contributed by atoms with Gasteiger partial charge in [-0.1, -0.05) is 46.0 Å². The molecule has 0 aliphatic heterocycles. The van der Waals surface area contributed by atoms with Crippen LogP contribution in [-0.2, 0) is 14.3 Å². The summed E-state index contributed by atoms with van der Waals surface area (Å²) < 4.78 is 5.16. The third kappa shape index (κ3) is 8.01. The minimum atomic E-state index is -2.01. The van der Waals surface area contributed by atoms with Gasteiger partial charge in [0.25, 0.3) is 5.91 Å². The lowest BCUT2D eigenvalue weighted by Gasteiger charge is -2.30. The molecule has 7 nitrogen and oxygen atoms in total. The summed E-state index contributed by atoms with van der Waals surface area (Å²) in [5.74, 6) is -2.16. The van der Waals surface area contributed by atoms with Crippen molar-refractivity contribution in [2.75, 3.05) is 0 Å².